The lowest BCUT2D eigenvalue weighted by Gasteiger charge is -2.06. The number of thiazole rings is 1. The summed E-state index contributed by atoms with van der Waals surface area (Å²) in [7, 11) is 0. The normalized spacial score (nSPS) is 13.5. The molecule has 102 valence electrons. The Morgan fingerprint density at radius 1 is 1.26 bits per heavy atom. The van der Waals surface area contributed by atoms with Gasteiger partial charge in [0.2, 0.25) is 0 Å². The van der Waals surface area contributed by atoms with Crippen molar-refractivity contribution in [3.63, 3.8) is 0 Å². The van der Waals surface area contributed by atoms with Crippen LogP contribution in [0.4, 0.5) is 13.2 Å². The molecule has 0 aliphatic rings. The Hall–Kier alpha value is -1.40. The van der Waals surface area contributed by atoms with Gasteiger partial charge >= 0.3 is 6.18 Å². The lowest BCUT2D eigenvalue weighted by atomic mass is 10.1. The quantitative estimate of drug-likeness (QED) is 0.931. The van der Waals surface area contributed by atoms with E-state index in [0.717, 1.165) is 27.6 Å². The molecule has 19 heavy (non-hydrogen) atoms. The van der Waals surface area contributed by atoms with Crippen LogP contribution in [-0.2, 0) is 12.6 Å². The van der Waals surface area contributed by atoms with Gasteiger partial charge in [0.05, 0.1) is 21.6 Å². The van der Waals surface area contributed by atoms with Crippen LogP contribution in [0.3, 0.4) is 0 Å². The number of hydrogen-bond acceptors (Lipinski definition) is 3. The van der Waals surface area contributed by atoms with Crippen LogP contribution in [0, 0.1) is 0 Å². The van der Waals surface area contributed by atoms with Gasteiger partial charge in [-0.1, -0.05) is 12.1 Å². The SMILES string of the molecule is CC(O)c1cnc(Cc2ccc(C(F)(F)F)cc2)s1. The lowest BCUT2D eigenvalue weighted by molar-refractivity contribution is -0.137. The molecule has 1 aromatic carbocycles. The summed E-state index contributed by atoms with van der Waals surface area (Å²) in [5.41, 5.74) is 0.111. The molecule has 1 atom stereocenters. The highest BCUT2D eigenvalue weighted by Crippen LogP contribution is 2.29. The van der Waals surface area contributed by atoms with E-state index in [2.05, 4.69) is 4.98 Å². The highest BCUT2D eigenvalue weighted by atomic mass is 32.1. The van der Waals surface area contributed by atoms with Gasteiger partial charge in [-0.05, 0) is 24.6 Å². The average molecular weight is 287 g/mol. The van der Waals surface area contributed by atoms with E-state index in [1.165, 1.54) is 23.5 Å². The minimum atomic E-state index is -4.31. The van der Waals surface area contributed by atoms with Gasteiger partial charge in [-0.15, -0.1) is 11.3 Å². The van der Waals surface area contributed by atoms with E-state index in [0.29, 0.717) is 6.42 Å². The van der Waals surface area contributed by atoms with Gasteiger partial charge in [0.1, 0.15) is 0 Å². The summed E-state index contributed by atoms with van der Waals surface area (Å²) in [6.45, 7) is 1.65. The number of nitrogens with zero attached hydrogens (tertiary/aromatic N) is 1. The highest BCUT2D eigenvalue weighted by molar-refractivity contribution is 7.11. The van der Waals surface area contributed by atoms with Crippen molar-refractivity contribution in [2.45, 2.75) is 25.6 Å². The number of aliphatic hydroxyl groups is 1. The first-order valence-electron chi connectivity index (χ1n) is 5.65. The molecular formula is C13H12F3NOS. The van der Waals surface area contributed by atoms with Gasteiger partial charge in [-0.25, -0.2) is 4.98 Å². The largest absolute Gasteiger partial charge is 0.416 e. The molecule has 2 aromatic rings. The molecule has 0 fully saturated rings. The van der Waals surface area contributed by atoms with Crippen molar-refractivity contribution in [1.82, 2.24) is 4.98 Å². The molecule has 2 rings (SSSR count). The van der Waals surface area contributed by atoms with Gasteiger partial charge < -0.3 is 5.11 Å². The molecule has 2 nitrogen and oxygen atoms in total. The molecule has 0 bridgehead atoms. The Kier molecular flexibility index (Phi) is 3.91. The first-order chi connectivity index (χ1) is 8.86. The summed E-state index contributed by atoms with van der Waals surface area (Å²) in [6, 6.07) is 5.04. The van der Waals surface area contributed by atoms with Crippen LogP contribution in [-0.4, -0.2) is 10.1 Å². The molecule has 1 N–H and O–H groups in total. The topological polar surface area (TPSA) is 33.1 Å². The Labute approximate surface area is 112 Å². The molecule has 0 radical (unpaired) electrons. The van der Waals surface area contributed by atoms with Crippen LogP contribution < -0.4 is 0 Å². The second-order valence-electron chi connectivity index (χ2n) is 4.20. The standard InChI is InChI=1S/C13H12F3NOS/c1-8(18)11-7-17-12(19-11)6-9-2-4-10(5-3-9)13(14,15)16/h2-5,7-8,18H,6H2,1H3. The van der Waals surface area contributed by atoms with E-state index in [1.807, 2.05) is 0 Å². The first kappa shape index (κ1) is 14.0. The Morgan fingerprint density at radius 3 is 2.37 bits per heavy atom. The zero-order valence-corrected chi connectivity index (χ0v) is 10.9. The minimum absolute atomic E-state index is 0.468. The zero-order chi connectivity index (χ0) is 14.0. The fraction of sp³-hybridized carbons (Fsp3) is 0.308. The summed E-state index contributed by atoms with van der Waals surface area (Å²) in [5.74, 6) is 0. The molecule has 1 heterocycles. The Bertz CT molecular complexity index is 546. The van der Waals surface area contributed by atoms with Crippen molar-refractivity contribution in [2.24, 2.45) is 0 Å². The lowest BCUT2D eigenvalue weighted by Crippen LogP contribution is -2.04. The summed E-state index contributed by atoms with van der Waals surface area (Å²) >= 11 is 1.36. The fourth-order valence-corrected chi connectivity index (χ4v) is 2.48. The van der Waals surface area contributed by atoms with Gasteiger partial charge in [0.25, 0.3) is 0 Å². The van der Waals surface area contributed by atoms with Crippen molar-refractivity contribution in [3.8, 4) is 0 Å². The number of alkyl halides is 3. The van der Waals surface area contributed by atoms with E-state index in [9.17, 15) is 18.3 Å². The van der Waals surface area contributed by atoms with E-state index in [1.54, 1.807) is 13.1 Å². The molecule has 0 saturated carbocycles. The molecule has 0 saturated heterocycles. The number of aliphatic hydroxyl groups excluding tert-OH is 1. The number of halogens is 3. The molecule has 0 aliphatic heterocycles. The molecule has 0 amide bonds. The van der Waals surface area contributed by atoms with Crippen LogP contribution in [0.1, 0.15) is 34.0 Å². The smallest absolute Gasteiger partial charge is 0.388 e. The Balaban J connectivity index is 2.11. The van der Waals surface area contributed by atoms with E-state index >= 15 is 0 Å². The predicted molar refractivity (Wildman–Crippen MR) is 67.0 cm³/mol. The first-order valence-corrected chi connectivity index (χ1v) is 6.46. The number of hydrogen-bond donors (Lipinski definition) is 1. The number of aromatic nitrogens is 1. The summed E-state index contributed by atoms with van der Waals surface area (Å²) in [4.78, 5) is 4.89. The summed E-state index contributed by atoms with van der Waals surface area (Å²) in [6.07, 6.45) is -2.82. The molecule has 0 aliphatic carbocycles. The molecule has 6 heteroatoms. The molecule has 1 aromatic heterocycles. The maximum Gasteiger partial charge on any atom is 0.416 e. The third-order valence-electron chi connectivity index (χ3n) is 2.62. The number of benzene rings is 1. The second-order valence-corrected chi connectivity index (χ2v) is 5.35. The third kappa shape index (κ3) is 3.54. The van der Waals surface area contributed by atoms with Crippen LogP contribution in [0.5, 0.6) is 0 Å². The Morgan fingerprint density at radius 2 is 1.89 bits per heavy atom. The molecular weight excluding hydrogens is 275 g/mol. The highest BCUT2D eigenvalue weighted by Gasteiger charge is 2.29. The zero-order valence-electron chi connectivity index (χ0n) is 10.1. The van der Waals surface area contributed by atoms with E-state index in [4.69, 9.17) is 0 Å². The maximum atomic E-state index is 12.4. The van der Waals surface area contributed by atoms with Crippen LogP contribution in [0.15, 0.2) is 30.5 Å². The van der Waals surface area contributed by atoms with Gasteiger partial charge in [-0.3, -0.25) is 0 Å². The monoisotopic (exact) mass is 287 g/mol. The second kappa shape index (κ2) is 5.30. The van der Waals surface area contributed by atoms with Crippen molar-refractivity contribution < 1.29 is 18.3 Å². The maximum absolute atomic E-state index is 12.4. The van der Waals surface area contributed by atoms with Crippen molar-refractivity contribution >= 4 is 11.3 Å². The van der Waals surface area contributed by atoms with Crippen molar-refractivity contribution in [3.05, 3.63) is 51.5 Å². The third-order valence-corrected chi connectivity index (χ3v) is 3.79. The van der Waals surface area contributed by atoms with Gasteiger partial charge in [-0.2, -0.15) is 13.2 Å². The average Bonchev–Trinajstić information content (AvgIpc) is 2.77. The minimum Gasteiger partial charge on any atom is -0.388 e. The summed E-state index contributed by atoms with van der Waals surface area (Å²) < 4.78 is 37.2. The van der Waals surface area contributed by atoms with E-state index < -0.39 is 17.8 Å². The summed E-state index contributed by atoms with van der Waals surface area (Å²) in [5, 5.41) is 10.1. The van der Waals surface area contributed by atoms with Gasteiger partial charge in [0.15, 0.2) is 0 Å². The fourth-order valence-electron chi connectivity index (χ4n) is 1.59. The van der Waals surface area contributed by atoms with E-state index in [-0.39, 0.29) is 0 Å². The van der Waals surface area contributed by atoms with Crippen LogP contribution in [0.25, 0.3) is 0 Å². The predicted octanol–water partition coefficient (Wildman–Crippen LogP) is 3.81. The van der Waals surface area contributed by atoms with Crippen LogP contribution in [0.2, 0.25) is 0 Å². The van der Waals surface area contributed by atoms with Crippen LogP contribution >= 0.6 is 11.3 Å². The molecule has 1 unspecified atom stereocenters. The number of rotatable bonds is 3. The van der Waals surface area contributed by atoms with Gasteiger partial charge in [0, 0.05) is 12.6 Å². The van der Waals surface area contributed by atoms with Crippen molar-refractivity contribution in [2.75, 3.05) is 0 Å². The molecule has 0 spiro atoms. The van der Waals surface area contributed by atoms with Crippen molar-refractivity contribution in [1.29, 1.82) is 0 Å².